The zero-order valence-corrected chi connectivity index (χ0v) is 12.6. The molecule has 5 heteroatoms. The molecule has 2 aromatic rings. The van der Waals surface area contributed by atoms with Gasteiger partial charge < -0.3 is 5.32 Å². The first-order chi connectivity index (χ1) is 9.75. The van der Waals surface area contributed by atoms with Crippen LogP contribution in [-0.4, -0.2) is 26.7 Å². The highest BCUT2D eigenvalue weighted by molar-refractivity contribution is 9.09. The summed E-state index contributed by atoms with van der Waals surface area (Å²) in [6.45, 7) is 0. The molecule has 1 heterocycles. The third-order valence-corrected chi connectivity index (χ3v) is 4.84. The Morgan fingerprint density at radius 1 is 1.20 bits per heavy atom. The summed E-state index contributed by atoms with van der Waals surface area (Å²) in [5.74, 6) is -0.0625. The number of aromatic nitrogens is 2. The fraction of sp³-hybridized carbons (Fsp3) is 0.400. The second kappa shape index (κ2) is 5.87. The number of nitrogens with zero attached hydrogens (tertiary/aromatic N) is 2. The highest BCUT2D eigenvalue weighted by atomic mass is 79.9. The van der Waals surface area contributed by atoms with Crippen LogP contribution in [0.3, 0.4) is 0 Å². The molecular formula is C15H16BrN3O. The molecule has 0 spiro atoms. The van der Waals surface area contributed by atoms with Crippen LogP contribution >= 0.6 is 15.9 Å². The summed E-state index contributed by atoms with van der Waals surface area (Å²) >= 11 is 3.66. The summed E-state index contributed by atoms with van der Waals surface area (Å²) in [5.41, 5.74) is 2.01. The Kier molecular flexibility index (Phi) is 3.96. The van der Waals surface area contributed by atoms with E-state index in [9.17, 15) is 4.79 Å². The van der Waals surface area contributed by atoms with Crippen molar-refractivity contribution in [3.05, 3.63) is 36.2 Å². The van der Waals surface area contributed by atoms with Gasteiger partial charge in [-0.15, -0.1) is 0 Å². The van der Waals surface area contributed by atoms with E-state index in [-0.39, 0.29) is 11.9 Å². The lowest BCUT2D eigenvalue weighted by molar-refractivity contribution is 0.0931. The minimum Gasteiger partial charge on any atom is -0.348 e. The van der Waals surface area contributed by atoms with Gasteiger partial charge in [0.15, 0.2) is 0 Å². The largest absolute Gasteiger partial charge is 0.348 e. The van der Waals surface area contributed by atoms with Crippen molar-refractivity contribution in [2.45, 2.75) is 36.6 Å². The first kappa shape index (κ1) is 13.5. The number of nitrogens with one attached hydrogen (secondary N) is 1. The lowest BCUT2D eigenvalue weighted by Gasteiger charge is -2.28. The molecule has 20 heavy (non-hydrogen) atoms. The van der Waals surface area contributed by atoms with Crippen LogP contribution in [-0.2, 0) is 0 Å². The number of para-hydroxylation sites is 1. The zero-order chi connectivity index (χ0) is 13.9. The average molecular weight is 334 g/mol. The van der Waals surface area contributed by atoms with E-state index in [1.165, 1.54) is 12.8 Å². The van der Waals surface area contributed by atoms with Gasteiger partial charge >= 0.3 is 0 Å². The van der Waals surface area contributed by atoms with Gasteiger partial charge in [-0.2, -0.15) is 0 Å². The highest BCUT2D eigenvalue weighted by Gasteiger charge is 2.25. The van der Waals surface area contributed by atoms with Gasteiger partial charge in [0.1, 0.15) is 5.52 Å². The molecule has 104 valence electrons. The summed E-state index contributed by atoms with van der Waals surface area (Å²) in [4.78, 5) is 21.3. The normalized spacial score (nSPS) is 22.6. The Labute approximate surface area is 126 Å². The standard InChI is InChI=1S/C15H16BrN3O/c16-11-5-1-2-6-12(11)19-15(20)10-4-3-7-13-14(10)18-9-8-17-13/h3-4,7-9,11-12H,1-2,5-6H2,(H,19,20). The van der Waals surface area contributed by atoms with E-state index < -0.39 is 0 Å². The number of hydrogen-bond donors (Lipinski definition) is 1. The van der Waals surface area contributed by atoms with Crippen LogP contribution < -0.4 is 5.32 Å². The van der Waals surface area contributed by atoms with E-state index in [1.807, 2.05) is 12.1 Å². The van der Waals surface area contributed by atoms with Crippen LogP contribution in [0.25, 0.3) is 11.0 Å². The van der Waals surface area contributed by atoms with Gasteiger partial charge in [-0.3, -0.25) is 14.8 Å². The molecule has 1 aliphatic carbocycles. The molecule has 0 radical (unpaired) electrons. The molecule has 0 bridgehead atoms. The molecule has 0 saturated heterocycles. The van der Waals surface area contributed by atoms with Gasteiger partial charge in [-0.25, -0.2) is 0 Å². The maximum Gasteiger partial charge on any atom is 0.253 e. The number of rotatable bonds is 2. The quantitative estimate of drug-likeness (QED) is 0.859. The van der Waals surface area contributed by atoms with Gasteiger partial charge in [0, 0.05) is 23.3 Å². The van der Waals surface area contributed by atoms with E-state index >= 15 is 0 Å². The number of halogens is 1. The molecule has 1 aromatic carbocycles. The molecule has 1 fully saturated rings. The zero-order valence-electron chi connectivity index (χ0n) is 11.1. The van der Waals surface area contributed by atoms with E-state index in [2.05, 4.69) is 31.2 Å². The topological polar surface area (TPSA) is 54.9 Å². The van der Waals surface area contributed by atoms with Crippen molar-refractivity contribution in [2.24, 2.45) is 0 Å². The Bertz CT molecular complexity index is 626. The molecule has 1 aliphatic rings. The van der Waals surface area contributed by atoms with E-state index in [4.69, 9.17) is 0 Å². The van der Waals surface area contributed by atoms with Gasteiger partial charge in [-0.1, -0.05) is 34.8 Å². The summed E-state index contributed by atoms with van der Waals surface area (Å²) < 4.78 is 0. The Balaban J connectivity index is 1.85. The van der Waals surface area contributed by atoms with E-state index in [0.29, 0.717) is 15.9 Å². The fourth-order valence-electron chi connectivity index (χ4n) is 2.67. The first-order valence-corrected chi connectivity index (χ1v) is 7.82. The molecular weight excluding hydrogens is 318 g/mol. The summed E-state index contributed by atoms with van der Waals surface area (Å²) in [6, 6.07) is 5.72. The smallest absolute Gasteiger partial charge is 0.253 e. The van der Waals surface area contributed by atoms with Crippen molar-refractivity contribution in [2.75, 3.05) is 0 Å². The maximum atomic E-state index is 12.5. The number of carbonyl (C=O) groups excluding carboxylic acids is 1. The number of benzene rings is 1. The second-order valence-corrected chi connectivity index (χ2v) is 6.29. The van der Waals surface area contributed by atoms with E-state index in [1.54, 1.807) is 18.5 Å². The lowest BCUT2D eigenvalue weighted by Crippen LogP contribution is -2.42. The van der Waals surface area contributed by atoms with Crippen molar-refractivity contribution in [3.63, 3.8) is 0 Å². The Morgan fingerprint density at radius 2 is 2.00 bits per heavy atom. The summed E-state index contributed by atoms with van der Waals surface area (Å²) in [5, 5.41) is 3.12. The van der Waals surface area contributed by atoms with Gasteiger partial charge in [0.2, 0.25) is 0 Å². The number of hydrogen-bond acceptors (Lipinski definition) is 3. The Hall–Kier alpha value is -1.49. The van der Waals surface area contributed by atoms with Crippen LogP contribution in [0.15, 0.2) is 30.6 Å². The van der Waals surface area contributed by atoms with Crippen LogP contribution in [0.2, 0.25) is 0 Å². The SMILES string of the molecule is O=C(NC1CCCCC1Br)c1cccc2nccnc12. The molecule has 2 unspecified atom stereocenters. The van der Waals surface area contributed by atoms with Crippen molar-refractivity contribution in [3.8, 4) is 0 Å². The maximum absolute atomic E-state index is 12.5. The van der Waals surface area contributed by atoms with Crippen molar-refractivity contribution in [1.82, 2.24) is 15.3 Å². The Morgan fingerprint density at radius 3 is 2.85 bits per heavy atom. The van der Waals surface area contributed by atoms with Crippen LogP contribution in [0.5, 0.6) is 0 Å². The summed E-state index contributed by atoms with van der Waals surface area (Å²) in [6.07, 6.45) is 7.79. The van der Waals surface area contributed by atoms with Crippen molar-refractivity contribution < 1.29 is 4.79 Å². The number of carbonyl (C=O) groups is 1. The summed E-state index contributed by atoms with van der Waals surface area (Å²) in [7, 11) is 0. The van der Waals surface area contributed by atoms with Crippen molar-refractivity contribution >= 4 is 32.9 Å². The van der Waals surface area contributed by atoms with Crippen LogP contribution in [0.1, 0.15) is 36.0 Å². The molecule has 3 rings (SSSR count). The number of alkyl halides is 1. The predicted molar refractivity (Wildman–Crippen MR) is 82.0 cm³/mol. The highest BCUT2D eigenvalue weighted by Crippen LogP contribution is 2.25. The molecule has 2 atom stereocenters. The third kappa shape index (κ3) is 2.68. The monoisotopic (exact) mass is 333 g/mol. The lowest BCUT2D eigenvalue weighted by atomic mass is 9.95. The van der Waals surface area contributed by atoms with Gasteiger partial charge in [0.05, 0.1) is 11.1 Å². The molecule has 1 N–H and O–H groups in total. The van der Waals surface area contributed by atoms with Gasteiger partial charge in [-0.05, 0) is 25.0 Å². The molecule has 4 nitrogen and oxygen atoms in total. The molecule has 1 aromatic heterocycles. The second-order valence-electron chi connectivity index (χ2n) is 5.11. The fourth-order valence-corrected chi connectivity index (χ4v) is 3.39. The molecule has 0 aliphatic heterocycles. The predicted octanol–water partition coefficient (Wildman–Crippen LogP) is 3.07. The van der Waals surface area contributed by atoms with E-state index in [0.717, 1.165) is 18.4 Å². The van der Waals surface area contributed by atoms with Crippen LogP contribution in [0.4, 0.5) is 0 Å². The minimum absolute atomic E-state index is 0.0625. The van der Waals surface area contributed by atoms with Crippen molar-refractivity contribution in [1.29, 1.82) is 0 Å². The number of amides is 1. The van der Waals surface area contributed by atoms with Crippen LogP contribution in [0, 0.1) is 0 Å². The molecule has 1 amide bonds. The van der Waals surface area contributed by atoms with Gasteiger partial charge in [0.25, 0.3) is 5.91 Å². The minimum atomic E-state index is -0.0625. The third-order valence-electron chi connectivity index (χ3n) is 3.74. The average Bonchev–Trinajstić information content (AvgIpc) is 2.49. The first-order valence-electron chi connectivity index (χ1n) is 6.90. The number of fused-ring (bicyclic) bond motifs is 1. The molecule has 1 saturated carbocycles.